The lowest BCUT2D eigenvalue weighted by atomic mass is 9.83. The van der Waals surface area contributed by atoms with E-state index in [-0.39, 0.29) is 12.2 Å². The van der Waals surface area contributed by atoms with Gasteiger partial charge in [0.1, 0.15) is 5.82 Å². The zero-order valence-electron chi connectivity index (χ0n) is 11.5. The number of ether oxygens (including phenoxy) is 1. The number of nitrogens with zero attached hydrogens (tertiary/aromatic N) is 1. The molecule has 1 aromatic rings. The van der Waals surface area contributed by atoms with Crippen LogP contribution in [0.2, 0.25) is 0 Å². The highest BCUT2D eigenvalue weighted by Crippen LogP contribution is 2.27. The molecule has 0 saturated carbocycles. The lowest BCUT2D eigenvalue weighted by Gasteiger charge is -2.22. The van der Waals surface area contributed by atoms with Crippen LogP contribution in [0.15, 0.2) is 18.2 Å². The van der Waals surface area contributed by atoms with Gasteiger partial charge in [0.05, 0.1) is 17.6 Å². The van der Waals surface area contributed by atoms with Crippen molar-refractivity contribution >= 4 is 17.6 Å². The van der Waals surface area contributed by atoms with Crippen LogP contribution in [-0.2, 0) is 20.7 Å². The van der Waals surface area contributed by atoms with Crippen LogP contribution >= 0.6 is 0 Å². The van der Waals surface area contributed by atoms with Crippen molar-refractivity contribution in [1.82, 2.24) is 0 Å². The van der Waals surface area contributed by atoms with Gasteiger partial charge in [-0.3, -0.25) is 19.7 Å². The van der Waals surface area contributed by atoms with Gasteiger partial charge in [0, 0.05) is 6.07 Å². The van der Waals surface area contributed by atoms with Crippen molar-refractivity contribution in [2.45, 2.75) is 20.3 Å². The molecule has 21 heavy (non-hydrogen) atoms. The third-order valence-corrected chi connectivity index (χ3v) is 2.91. The highest BCUT2D eigenvalue weighted by Gasteiger charge is 2.43. The number of nitro benzene ring substituents is 1. The van der Waals surface area contributed by atoms with Crippen molar-refractivity contribution in [1.29, 1.82) is 0 Å². The minimum atomic E-state index is -1.95. The molecule has 0 spiro atoms. The molecule has 0 amide bonds. The fourth-order valence-electron chi connectivity index (χ4n) is 1.77. The number of aliphatic carboxylic acids is 1. The number of carboxylic acid groups (broad SMARTS) is 1. The van der Waals surface area contributed by atoms with Crippen LogP contribution in [-0.4, -0.2) is 28.6 Å². The molecular formula is C13H14FNO6. The zero-order chi connectivity index (χ0) is 16.2. The van der Waals surface area contributed by atoms with Crippen molar-refractivity contribution in [3.05, 3.63) is 39.7 Å². The Morgan fingerprint density at radius 2 is 2.05 bits per heavy atom. The molecule has 1 unspecified atom stereocenters. The molecule has 114 valence electrons. The van der Waals surface area contributed by atoms with E-state index in [0.29, 0.717) is 6.07 Å². The lowest BCUT2D eigenvalue weighted by molar-refractivity contribution is -0.385. The molecule has 0 aliphatic heterocycles. The Kier molecular flexibility index (Phi) is 4.96. The highest BCUT2D eigenvalue weighted by molar-refractivity contribution is 5.99. The van der Waals surface area contributed by atoms with Gasteiger partial charge in [0.15, 0.2) is 5.41 Å². The van der Waals surface area contributed by atoms with Gasteiger partial charge in [-0.2, -0.15) is 0 Å². The first-order valence-electron chi connectivity index (χ1n) is 6.05. The molecule has 0 saturated heterocycles. The number of nitro groups is 1. The van der Waals surface area contributed by atoms with Crippen LogP contribution in [0, 0.1) is 21.3 Å². The van der Waals surface area contributed by atoms with Gasteiger partial charge in [0.2, 0.25) is 0 Å². The summed E-state index contributed by atoms with van der Waals surface area (Å²) in [6.07, 6.45) is -0.417. The van der Waals surface area contributed by atoms with Crippen molar-refractivity contribution in [2.24, 2.45) is 5.41 Å². The second-order valence-electron chi connectivity index (χ2n) is 4.61. The Balaban J connectivity index is 3.19. The van der Waals surface area contributed by atoms with Crippen LogP contribution in [0.25, 0.3) is 0 Å². The number of carbonyl (C=O) groups is 2. The standard InChI is InChI=1S/C13H14FNO6/c1-3-21-12(18)13(2,11(16)17)7-8-4-9(14)6-10(5-8)15(19)20/h4-6H,3,7H2,1-2H3,(H,16,17). The highest BCUT2D eigenvalue weighted by atomic mass is 19.1. The first kappa shape index (κ1) is 16.5. The van der Waals surface area contributed by atoms with Crippen molar-refractivity contribution in [3.8, 4) is 0 Å². The van der Waals surface area contributed by atoms with Crippen LogP contribution in [0.3, 0.4) is 0 Å². The van der Waals surface area contributed by atoms with Crippen molar-refractivity contribution in [3.63, 3.8) is 0 Å². The Morgan fingerprint density at radius 1 is 1.43 bits per heavy atom. The number of rotatable bonds is 6. The van der Waals surface area contributed by atoms with E-state index >= 15 is 0 Å². The number of non-ortho nitro benzene ring substituents is 1. The number of hydrogen-bond acceptors (Lipinski definition) is 5. The first-order valence-corrected chi connectivity index (χ1v) is 6.05. The Labute approximate surface area is 119 Å². The van der Waals surface area contributed by atoms with Gasteiger partial charge in [-0.15, -0.1) is 0 Å². The third-order valence-electron chi connectivity index (χ3n) is 2.91. The van der Waals surface area contributed by atoms with Crippen molar-refractivity contribution in [2.75, 3.05) is 6.61 Å². The second-order valence-corrected chi connectivity index (χ2v) is 4.61. The maximum atomic E-state index is 13.3. The molecular weight excluding hydrogens is 285 g/mol. The summed E-state index contributed by atoms with van der Waals surface area (Å²) in [5.41, 5.74) is -2.43. The Bertz CT molecular complexity index is 588. The number of carbonyl (C=O) groups excluding carboxylic acids is 1. The number of halogens is 1. The van der Waals surface area contributed by atoms with Crippen LogP contribution in [0.4, 0.5) is 10.1 Å². The monoisotopic (exact) mass is 299 g/mol. The maximum absolute atomic E-state index is 13.3. The average Bonchev–Trinajstić information content (AvgIpc) is 2.37. The number of carboxylic acids is 1. The maximum Gasteiger partial charge on any atom is 0.323 e. The topological polar surface area (TPSA) is 107 Å². The predicted octanol–water partition coefficient (Wildman–Crippen LogP) is 1.93. The van der Waals surface area contributed by atoms with E-state index in [4.69, 9.17) is 4.74 Å². The SMILES string of the molecule is CCOC(=O)C(C)(Cc1cc(F)cc([N+](=O)[O-])c1)C(=O)O. The quantitative estimate of drug-likeness (QED) is 0.372. The molecule has 1 N–H and O–H groups in total. The van der Waals surface area contributed by atoms with E-state index in [1.807, 2.05) is 0 Å². The Hall–Kier alpha value is -2.51. The molecule has 1 atom stereocenters. The normalized spacial score (nSPS) is 13.3. The summed E-state index contributed by atoms with van der Waals surface area (Å²) in [7, 11) is 0. The summed E-state index contributed by atoms with van der Waals surface area (Å²) in [6.45, 7) is 2.64. The van der Waals surface area contributed by atoms with E-state index in [9.17, 15) is 29.2 Å². The summed E-state index contributed by atoms with van der Waals surface area (Å²) in [4.78, 5) is 33.0. The molecule has 1 aromatic carbocycles. The average molecular weight is 299 g/mol. The van der Waals surface area contributed by atoms with Gasteiger partial charge in [0.25, 0.3) is 5.69 Å². The fraction of sp³-hybridized carbons (Fsp3) is 0.385. The minimum absolute atomic E-state index is 0.00893. The molecule has 0 bridgehead atoms. The van der Waals surface area contributed by atoms with Crippen molar-refractivity contribution < 1.29 is 28.7 Å². The molecule has 0 aliphatic rings. The van der Waals surface area contributed by atoms with Gasteiger partial charge in [-0.05, 0) is 31.9 Å². The zero-order valence-corrected chi connectivity index (χ0v) is 11.5. The molecule has 0 fully saturated rings. The van der Waals surface area contributed by atoms with Gasteiger partial charge >= 0.3 is 11.9 Å². The van der Waals surface area contributed by atoms with Gasteiger partial charge in [-0.25, -0.2) is 4.39 Å². The third kappa shape index (κ3) is 3.74. The molecule has 0 aliphatic carbocycles. The largest absolute Gasteiger partial charge is 0.480 e. The van der Waals surface area contributed by atoms with E-state index in [1.165, 1.54) is 6.92 Å². The number of hydrogen-bond donors (Lipinski definition) is 1. The molecule has 1 rings (SSSR count). The fourth-order valence-corrected chi connectivity index (χ4v) is 1.77. The number of benzene rings is 1. The van der Waals surface area contributed by atoms with Gasteiger partial charge in [-0.1, -0.05) is 0 Å². The molecule has 7 nitrogen and oxygen atoms in total. The summed E-state index contributed by atoms with van der Waals surface area (Å²) < 4.78 is 18.0. The van der Waals surface area contributed by atoms with E-state index in [0.717, 1.165) is 19.1 Å². The molecule has 8 heteroatoms. The molecule has 0 heterocycles. The smallest absolute Gasteiger partial charge is 0.323 e. The van der Waals surface area contributed by atoms with Crippen LogP contribution < -0.4 is 0 Å². The summed E-state index contributed by atoms with van der Waals surface area (Å²) in [5, 5.41) is 19.9. The molecule has 0 radical (unpaired) electrons. The summed E-state index contributed by atoms with van der Waals surface area (Å²) in [5.74, 6) is -3.31. The lowest BCUT2D eigenvalue weighted by Crippen LogP contribution is -2.40. The second kappa shape index (κ2) is 6.29. The van der Waals surface area contributed by atoms with E-state index < -0.39 is 40.2 Å². The Morgan fingerprint density at radius 3 is 2.52 bits per heavy atom. The van der Waals surface area contributed by atoms with E-state index in [2.05, 4.69) is 0 Å². The van der Waals surface area contributed by atoms with Gasteiger partial charge < -0.3 is 9.84 Å². The summed E-state index contributed by atoms with van der Waals surface area (Å²) in [6, 6.07) is 2.70. The number of esters is 1. The van der Waals surface area contributed by atoms with E-state index in [1.54, 1.807) is 0 Å². The first-order chi connectivity index (χ1) is 9.70. The van der Waals surface area contributed by atoms with Crippen LogP contribution in [0.5, 0.6) is 0 Å². The van der Waals surface area contributed by atoms with Crippen LogP contribution in [0.1, 0.15) is 19.4 Å². The molecule has 0 aromatic heterocycles. The minimum Gasteiger partial charge on any atom is -0.480 e. The summed E-state index contributed by atoms with van der Waals surface area (Å²) >= 11 is 0. The predicted molar refractivity (Wildman–Crippen MR) is 69.1 cm³/mol.